The number of carbonyl (C=O) groups excluding carboxylic acids is 1. The highest BCUT2D eigenvalue weighted by Crippen LogP contribution is 2.28. The molecule has 8 nitrogen and oxygen atoms in total. The van der Waals surface area contributed by atoms with E-state index in [2.05, 4.69) is 55.2 Å². The molecule has 0 aliphatic heterocycles. The van der Waals surface area contributed by atoms with Gasteiger partial charge in [-0.15, -0.1) is 0 Å². The molecule has 0 bridgehead atoms. The quantitative estimate of drug-likeness (QED) is 0.654. The number of fused-ring (bicyclic) bond motifs is 1. The lowest BCUT2D eigenvalue weighted by Crippen LogP contribution is -2.26. The summed E-state index contributed by atoms with van der Waals surface area (Å²) in [6.45, 7) is 12.5. The summed E-state index contributed by atoms with van der Waals surface area (Å²) in [5.74, 6) is 0.668. The van der Waals surface area contributed by atoms with Gasteiger partial charge in [-0.05, 0) is 51.9 Å². The lowest BCUT2D eigenvalue weighted by Gasteiger charge is -2.20. The molecule has 1 amide bonds. The van der Waals surface area contributed by atoms with Crippen LogP contribution in [0.1, 0.15) is 68.1 Å². The molecule has 3 rings (SSSR count). The number of aromatic amines is 1. The summed E-state index contributed by atoms with van der Waals surface area (Å²) in [6.07, 6.45) is 0. The van der Waals surface area contributed by atoms with Crippen molar-refractivity contribution < 1.29 is 4.79 Å². The molecule has 0 unspecified atom stereocenters. The number of carbonyl (C=O) groups is 1. The number of aryl methyl sites for hydroxylation is 1. The summed E-state index contributed by atoms with van der Waals surface area (Å²) < 4.78 is 4.15. The van der Waals surface area contributed by atoms with Gasteiger partial charge in [0, 0.05) is 12.7 Å². The summed E-state index contributed by atoms with van der Waals surface area (Å²) in [4.78, 5) is 17.9. The molecule has 3 aromatic rings. The average Bonchev–Trinajstić information content (AvgIpc) is 3.12. The molecule has 0 aliphatic rings. The Morgan fingerprint density at radius 1 is 1.36 bits per heavy atom. The Labute approximate surface area is 169 Å². The zero-order valence-corrected chi connectivity index (χ0v) is 18.2. The van der Waals surface area contributed by atoms with E-state index in [1.165, 1.54) is 0 Å². The van der Waals surface area contributed by atoms with Crippen LogP contribution in [-0.2, 0) is 19.1 Å². The van der Waals surface area contributed by atoms with Crippen molar-refractivity contribution in [3.63, 3.8) is 0 Å². The summed E-state index contributed by atoms with van der Waals surface area (Å²) in [6, 6.07) is 1.87. The second kappa shape index (κ2) is 7.12. The third-order valence-corrected chi connectivity index (χ3v) is 5.05. The summed E-state index contributed by atoms with van der Waals surface area (Å²) in [7, 11) is 1.81. The van der Waals surface area contributed by atoms with Crippen LogP contribution in [0, 0.1) is 11.7 Å². The van der Waals surface area contributed by atoms with Crippen LogP contribution < -0.4 is 5.32 Å². The van der Waals surface area contributed by atoms with Gasteiger partial charge in [0.2, 0.25) is 0 Å². The van der Waals surface area contributed by atoms with Gasteiger partial charge in [-0.2, -0.15) is 10.2 Å². The fourth-order valence-electron chi connectivity index (χ4n) is 3.04. The normalized spacial score (nSPS) is 12.1. The molecule has 28 heavy (non-hydrogen) atoms. The number of pyridine rings is 1. The molecule has 3 heterocycles. The molecule has 2 N–H and O–H groups in total. The van der Waals surface area contributed by atoms with Crippen LogP contribution >= 0.6 is 12.2 Å². The van der Waals surface area contributed by atoms with Crippen LogP contribution in [0.4, 0.5) is 0 Å². The van der Waals surface area contributed by atoms with E-state index < -0.39 is 0 Å². The van der Waals surface area contributed by atoms with E-state index in [0.29, 0.717) is 16.2 Å². The zero-order valence-electron chi connectivity index (χ0n) is 17.4. The predicted molar refractivity (Wildman–Crippen MR) is 111 cm³/mol. The van der Waals surface area contributed by atoms with Crippen molar-refractivity contribution in [1.82, 2.24) is 34.8 Å². The lowest BCUT2D eigenvalue weighted by molar-refractivity contribution is 0.0951. The first-order valence-corrected chi connectivity index (χ1v) is 9.70. The van der Waals surface area contributed by atoms with Crippen LogP contribution in [0.5, 0.6) is 0 Å². The fourth-order valence-corrected chi connectivity index (χ4v) is 3.19. The molecule has 0 radical (unpaired) electrons. The summed E-state index contributed by atoms with van der Waals surface area (Å²) >= 11 is 5.12. The SMILES string of the molecule is Cc1nn(C(C)(C)C)c2nc(C(C)C)cc(C(=O)NCc3n[nH]c(=S)n3C)c12. The Bertz CT molecular complexity index is 1100. The van der Waals surface area contributed by atoms with E-state index >= 15 is 0 Å². The molecular formula is C19H27N7OS. The lowest BCUT2D eigenvalue weighted by atomic mass is 10.0. The van der Waals surface area contributed by atoms with Gasteiger partial charge in [0.15, 0.2) is 16.2 Å². The average molecular weight is 402 g/mol. The van der Waals surface area contributed by atoms with Crippen molar-refractivity contribution in [3.05, 3.63) is 33.6 Å². The Kier molecular flexibility index (Phi) is 5.14. The minimum absolute atomic E-state index is 0.181. The Balaban J connectivity index is 2.08. The molecule has 0 saturated heterocycles. The van der Waals surface area contributed by atoms with E-state index in [9.17, 15) is 4.79 Å². The molecule has 0 aliphatic carbocycles. The van der Waals surface area contributed by atoms with Crippen molar-refractivity contribution in [2.75, 3.05) is 0 Å². The molecular weight excluding hydrogens is 374 g/mol. The van der Waals surface area contributed by atoms with Crippen molar-refractivity contribution in [2.45, 2.75) is 59.5 Å². The van der Waals surface area contributed by atoms with E-state index in [1.54, 1.807) is 4.57 Å². The van der Waals surface area contributed by atoms with Gasteiger partial charge < -0.3 is 9.88 Å². The topological polar surface area (TPSA) is 93.4 Å². The maximum atomic E-state index is 13.1. The molecule has 150 valence electrons. The maximum Gasteiger partial charge on any atom is 0.252 e. The van der Waals surface area contributed by atoms with Crippen molar-refractivity contribution in [1.29, 1.82) is 0 Å². The van der Waals surface area contributed by atoms with Crippen LogP contribution in [0.2, 0.25) is 0 Å². The van der Waals surface area contributed by atoms with Gasteiger partial charge in [0.25, 0.3) is 5.91 Å². The first-order valence-electron chi connectivity index (χ1n) is 9.30. The van der Waals surface area contributed by atoms with E-state index in [0.717, 1.165) is 22.4 Å². The molecule has 9 heteroatoms. The number of rotatable bonds is 4. The largest absolute Gasteiger partial charge is 0.345 e. The van der Waals surface area contributed by atoms with Crippen LogP contribution in [0.25, 0.3) is 11.0 Å². The monoisotopic (exact) mass is 401 g/mol. The smallest absolute Gasteiger partial charge is 0.252 e. The van der Waals surface area contributed by atoms with Crippen LogP contribution in [0.3, 0.4) is 0 Å². The van der Waals surface area contributed by atoms with Gasteiger partial charge in [-0.3, -0.25) is 9.89 Å². The van der Waals surface area contributed by atoms with Gasteiger partial charge in [-0.25, -0.2) is 9.67 Å². The van der Waals surface area contributed by atoms with Gasteiger partial charge in [-0.1, -0.05) is 13.8 Å². The van der Waals surface area contributed by atoms with Crippen molar-refractivity contribution >= 4 is 29.2 Å². The highest BCUT2D eigenvalue weighted by molar-refractivity contribution is 7.71. The number of nitrogens with one attached hydrogen (secondary N) is 2. The number of amides is 1. The fraction of sp³-hybridized carbons (Fsp3) is 0.526. The third kappa shape index (κ3) is 3.58. The van der Waals surface area contributed by atoms with E-state index in [1.807, 2.05) is 24.7 Å². The number of hydrogen-bond acceptors (Lipinski definition) is 5. The molecule has 0 saturated carbocycles. The minimum Gasteiger partial charge on any atom is -0.345 e. The number of aromatic nitrogens is 6. The standard InChI is InChI=1S/C19H27N7OS/c1-10(2)13-8-12(17(27)20-9-14-22-23-18(28)25(14)7)15-11(3)24-26(16(15)21-13)19(4,5)6/h8,10H,9H2,1-7H3,(H,20,27)(H,23,28). The second-order valence-corrected chi connectivity index (χ2v) is 8.69. The summed E-state index contributed by atoms with van der Waals surface area (Å²) in [5.41, 5.74) is 2.72. The Morgan fingerprint density at radius 3 is 2.57 bits per heavy atom. The predicted octanol–water partition coefficient (Wildman–Crippen LogP) is 3.34. The Hall–Kier alpha value is -2.55. The first-order chi connectivity index (χ1) is 13.0. The van der Waals surface area contributed by atoms with Gasteiger partial charge >= 0.3 is 0 Å². The maximum absolute atomic E-state index is 13.1. The molecule has 0 fully saturated rings. The minimum atomic E-state index is -0.245. The molecule has 0 aromatic carbocycles. The van der Waals surface area contributed by atoms with Crippen molar-refractivity contribution in [3.8, 4) is 0 Å². The van der Waals surface area contributed by atoms with Crippen molar-refractivity contribution in [2.24, 2.45) is 7.05 Å². The summed E-state index contributed by atoms with van der Waals surface area (Å²) in [5, 5.41) is 15.3. The van der Waals surface area contributed by atoms with E-state index in [4.69, 9.17) is 17.2 Å². The van der Waals surface area contributed by atoms with Crippen LogP contribution in [-0.4, -0.2) is 35.4 Å². The number of hydrogen-bond donors (Lipinski definition) is 2. The highest BCUT2D eigenvalue weighted by atomic mass is 32.1. The van der Waals surface area contributed by atoms with Gasteiger partial charge in [0.05, 0.1) is 28.7 Å². The first kappa shape index (κ1) is 20.2. The number of H-pyrrole nitrogens is 1. The molecule has 0 atom stereocenters. The zero-order chi connectivity index (χ0) is 20.8. The second-order valence-electron chi connectivity index (χ2n) is 8.30. The highest BCUT2D eigenvalue weighted by Gasteiger charge is 2.25. The van der Waals surface area contributed by atoms with Crippen LogP contribution in [0.15, 0.2) is 6.07 Å². The third-order valence-electron chi connectivity index (χ3n) is 4.68. The molecule has 0 spiro atoms. The van der Waals surface area contributed by atoms with Gasteiger partial charge in [0.1, 0.15) is 0 Å². The number of nitrogens with zero attached hydrogens (tertiary/aromatic N) is 5. The Morgan fingerprint density at radius 2 is 2.04 bits per heavy atom. The molecule has 3 aromatic heterocycles. The van der Waals surface area contributed by atoms with E-state index in [-0.39, 0.29) is 23.9 Å².